The lowest BCUT2D eigenvalue weighted by Crippen LogP contribution is -2.32. The van der Waals surface area contributed by atoms with Crippen molar-refractivity contribution in [3.05, 3.63) is 43.0 Å². The molecule has 0 spiro atoms. The van der Waals surface area contributed by atoms with Crippen molar-refractivity contribution in [3.8, 4) is 0 Å². The van der Waals surface area contributed by atoms with Gasteiger partial charge in [-0.2, -0.15) is 0 Å². The van der Waals surface area contributed by atoms with Gasteiger partial charge in [0, 0.05) is 31.4 Å². The van der Waals surface area contributed by atoms with Gasteiger partial charge in [-0.05, 0) is 31.4 Å². The minimum atomic E-state index is -0.228. The van der Waals surface area contributed by atoms with E-state index in [0.29, 0.717) is 6.04 Å². The second kappa shape index (κ2) is 7.31. The molecule has 104 valence electrons. The first-order valence-corrected chi connectivity index (χ1v) is 7.11. The van der Waals surface area contributed by atoms with Crippen LogP contribution in [0.15, 0.2) is 43.0 Å². The summed E-state index contributed by atoms with van der Waals surface area (Å²) in [6.07, 6.45) is 4.49. The number of rotatable bonds is 7. The van der Waals surface area contributed by atoms with Crippen LogP contribution in [-0.2, 0) is 0 Å². The Labute approximate surface area is 115 Å². The molecule has 1 heterocycles. The van der Waals surface area contributed by atoms with Gasteiger partial charge in [0.2, 0.25) is 0 Å². The number of hydrogen-bond donors (Lipinski definition) is 2. The van der Waals surface area contributed by atoms with Crippen LogP contribution in [-0.4, -0.2) is 41.8 Å². The Morgan fingerprint density at radius 2 is 2.21 bits per heavy atom. The van der Waals surface area contributed by atoms with Crippen LogP contribution in [0.1, 0.15) is 19.3 Å². The van der Waals surface area contributed by atoms with E-state index in [-0.39, 0.29) is 6.10 Å². The number of anilines is 1. The molecule has 2 atom stereocenters. The lowest BCUT2D eigenvalue weighted by molar-refractivity contribution is 0.118. The number of nitrogens with one attached hydrogen (secondary N) is 1. The van der Waals surface area contributed by atoms with Crippen molar-refractivity contribution in [1.29, 1.82) is 0 Å². The van der Waals surface area contributed by atoms with E-state index in [1.165, 1.54) is 5.69 Å². The molecule has 2 N–H and O–H groups in total. The topological polar surface area (TPSA) is 35.5 Å². The van der Waals surface area contributed by atoms with Crippen LogP contribution in [0.25, 0.3) is 0 Å². The highest BCUT2D eigenvalue weighted by Gasteiger charge is 2.23. The predicted octanol–water partition coefficient (Wildman–Crippen LogP) is 2.50. The normalized spacial score (nSPS) is 21.2. The zero-order valence-electron chi connectivity index (χ0n) is 11.5. The zero-order valence-corrected chi connectivity index (χ0v) is 11.5. The lowest BCUT2D eigenvalue weighted by atomic mass is 10.2. The van der Waals surface area contributed by atoms with Crippen LogP contribution in [0, 0.1) is 0 Å². The molecule has 0 aromatic heterocycles. The van der Waals surface area contributed by atoms with Gasteiger partial charge < -0.3 is 10.4 Å². The summed E-state index contributed by atoms with van der Waals surface area (Å²) in [5, 5.41) is 13.5. The van der Waals surface area contributed by atoms with Crippen molar-refractivity contribution in [2.45, 2.75) is 31.4 Å². The monoisotopic (exact) mass is 260 g/mol. The van der Waals surface area contributed by atoms with Gasteiger partial charge in [0.15, 0.2) is 0 Å². The van der Waals surface area contributed by atoms with Gasteiger partial charge in [0.25, 0.3) is 0 Å². The average molecular weight is 260 g/mol. The summed E-state index contributed by atoms with van der Waals surface area (Å²) >= 11 is 0. The highest BCUT2D eigenvalue weighted by Crippen LogP contribution is 2.16. The molecule has 0 saturated carbocycles. The Morgan fingerprint density at radius 1 is 1.42 bits per heavy atom. The van der Waals surface area contributed by atoms with E-state index in [4.69, 9.17) is 0 Å². The fourth-order valence-corrected chi connectivity index (χ4v) is 2.59. The summed E-state index contributed by atoms with van der Waals surface area (Å²) in [4.78, 5) is 2.34. The van der Waals surface area contributed by atoms with Gasteiger partial charge in [0.1, 0.15) is 0 Å². The molecule has 1 aromatic rings. The maximum atomic E-state index is 9.91. The molecule has 0 unspecified atom stereocenters. The van der Waals surface area contributed by atoms with Crippen LogP contribution in [0.4, 0.5) is 5.69 Å². The molecule has 1 aliphatic rings. The van der Waals surface area contributed by atoms with Crippen molar-refractivity contribution in [2.75, 3.05) is 25.0 Å². The van der Waals surface area contributed by atoms with Crippen LogP contribution >= 0.6 is 0 Å². The van der Waals surface area contributed by atoms with Crippen molar-refractivity contribution in [2.24, 2.45) is 0 Å². The largest absolute Gasteiger partial charge is 0.392 e. The second-order valence-electron chi connectivity index (χ2n) is 5.28. The number of aliphatic hydroxyl groups excluding tert-OH is 1. The summed E-state index contributed by atoms with van der Waals surface area (Å²) in [5.41, 5.74) is 1.18. The molecule has 2 rings (SSSR count). The van der Waals surface area contributed by atoms with Crippen LogP contribution < -0.4 is 5.32 Å². The van der Waals surface area contributed by atoms with Crippen LogP contribution in [0.5, 0.6) is 0 Å². The van der Waals surface area contributed by atoms with Gasteiger partial charge in [-0.3, -0.25) is 4.90 Å². The Kier molecular flexibility index (Phi) is 5.43. The van der Waals surface area contributed by atoms with Crippen molar-refractivity contribution in [1.82, 2.24) is 4.90 Å². The van der Waals surface area contributed by atoms with Gasteiger partial charge in [-0.15, -0.1) is 6.58 Å². The lowest BCUT2D eigenvalue weighted by Gasteiger charge is -2.20. The van der Waals surface area contributed by atoms with E-state index in [2.05, 4.69) is 28.9 Å². The highest BCUT2D eigenvalue weighted by atomic mass is 16.3. The first kappa shape index (κ1) is 14.1. The third-order valence-electron chi connectivity index (χ3n) is 3.59. The predicted molar refractivity (Wildman–Crippen MR) is 80.3 cm³/mol. The van der Waals surface area contributed by atoms with E-state index in [9.17, 15) is 5.11 Å². The SMILES string of the molecule is C=CCC[C@H](O)CN1CC[C@@H](Nc2ccccc2)C1. The molecule has 3 heteroatoms. The Bertz CT molecular complexity index is 380. The molecule has 3 nitrogen and oxygen atoms in total. The van der Waals surface area contributed by atoms with E-state index in [0.717, 1.165) is 38.9 Å². The second-order valence-corrected chi connectivity index (χ2v) is 5.28. The maximum absolute atomic E-state index is 9.91. The third-order valence-corrected chi connectivity index (χ3v) is 3.59. The summed E-state index contributed by atoms with van der Waals surface area (Å²) in [7, 11) is 0. The van der Waals surface area contributed by atoms with Crippen LogP contribution in [0.3, 0.4) is 0 Å². The van der Waals surface area contributed by atoms with Gasteiger partial charge >= 0.3 is 0 Å². The highest BCUT2D eigenvalue weighted by molar-refractivity contribution is 5.43. The molecule has 0 bridgehead atoms. The molecular weight excluding hydrogens is 236 g/mol. The fraction of sp³-hybridized carbons (Fsp3) is 0.500. The third kappa shape index (κ3) is 4.69. The fourth-order valence-electron chi connectivity index (χ4n) is 2.59. The number of hydrogen-bond acceptors (Lipinski definition) is 3. The first-order chi connectivity index (χ1) is 9.28. The molecular formula is C16H24N2O. The van der Waals surface area contributed by atoms with Gasteiger partial charge in [-0.25, -0.2) is 0 Å². The maximum Gasteiger partial charge on any atom is 0.0670 e. The zero-order chi connectivity index (χ0) is 13.5. The molecule has 0 amide bonds. The summed E-state index contributed by atoms with van der Waals surface area (Å²) in [6.45, 7) is 6.55. The number of allylic oxidation sites excluding steroid dienone is 1. The minimum absolute atomic E-state index is 0.228. The Balaban J connectivity index is 1.72. The molecule has 0 aliphatic carbocycles. The van der Waals surface area contributed by atoms with Crippen molar-refractivity contribution >= 4 is 5.69 Å². The number of aliphatic hydroxyl groups is 1. The minimum Gasteiger partial charge on any atom is -0.392 e. The van der Waals surface area contributed by atoms with E-state index in [1.807, 2.05) is 24.3 Å². The van der Waals surface area contributed by atoms with E-state index >= 15 is 0 Å². The van der Waals surface area contributed by atoms with Gasteiger partial charge in [-0.1, -0.05) is 24.3 Å². The number of para-hydroxylation sites is 1. The van der Waals surface area contributed by atoms with E-state index < -0.39 is 0 Å². The molecule has 1 saturated heterocycles. The smallest absolute Gasteiger partial charge is 0.0670 e. The number of likely N-dealkylation sites (tertiary alicyclic amines) is 1. The van der Waals surface area contributed by atoms with Crippen LogP contribution in [0.2, 0.25) is 0 Å². The Morgan fingerprint density at radius 3 is 2.95 bits per heavy atom. The number of benzene rings is 1. The number of β-amino-alcohol motifs (C(OH)–C–C–N with tert-alkyl or cyclic N) is 1. The summed E-state index contributed by atoms with van der Waals surface area (Å²) < 4.78 is 0. The molecule has 19 heavy (non-hydrogen) atoms. The summed E-state index contributed by atoms with van der Waals surface area (Å²) in [5.74, 6) is 0. The number of nitrogens with zero attached hydrogens (tertiary/aromatic N) is 1. The molecule has 1 fully saturated rings. The van der Waals surface area contributed by atoms with Crippen molar-refractivity contribution < 1.29 is 5.11 Å². The Hall–Kier alpha value is -1.32. The molecule has 1 aromatic carbocycles. The standard InChI is InChI=1S/C16H24N2O/c1-2-3-9-16(19)13-18-11-10-15(12-18)17-14-7-5-4-6-8-14/h2,4-8,15-17,19H,1,3,9-13H2/t15-,16+/m1/s1. The summed E-state index contributed by atoms with van der Waals surface area (Å²) in [6, 6.07) is 10.8. The van der Waals surface area contributed by atoms with Gasteiger partial charge in [0.05, 0.1) is 6.10 Å². The van der Waals surface area contributed by atoms with E-state index in [1.54, 1.807) is 0 Å². The first-order valence-electron chi connectivity index (χ1n) is 7.11. The van der Waals surface area contributed by atoms with Crippen molar-refractivity contribution in [3.63, 3.8) is 0 Å². The quantitative estimate of drug-likeness (QED) is 0.739. The average Bonchev–Trinajstić information content (AvgIpc) is 2.85. The molecule has 0 radical (unpaired) electrons. The molecule has 1 aliphatic heterocycles.